The van der Waals surface area contributed by atoms with Crippen LogP contribution in [0.4, 0.5) is 5.69 Å². The Bertz CT molecular complexity index is 1030. The van der Waals surface area contributed by atoms with E-state index >= 15 is 0 Å². The summed E-state index contributed by atoms with van der Waals surface area (Å²) in [5.41, 5.74) is 4.03. The molecule has 1 aliphatic heterocycles. The Kier molecular flexibility index (Phi) is 6.44. The minimum absolute atomic E-state index is 0.0202. The Morgan fingerprint density at radius 1 is 1.00 bits per heavy atom. The number of nitrogens with one attached hydrogen (secondary N) is 3. The molecule has 32 heavy (non-hydrogen) atoms. The van der Waals surface area contributed by atoms with Crippen molar-refractivity contribution in [3.8, 4) is 0 Å². The average Bonchev–Trinajstić information content (AvgIpc) is 3.57. The fraction of sp³-hybridized carbons (Fsp3) is 0.444. The van der Waals surface area contributed by atoms with E-state index in [0.29, 0.717) is 11.7 Å². The Morgan fingerprint density at radius 2 is 1.78 bits per heavy atom. The molecule has 1 amide bonds. The molecule has 0 bridgehead atoms. The van der Waals surface area contributed by atoms with Crippen molar-refractivity contribution in [2.24, 2.45) is 0 Å². The van der Waals surface area contributed by atoms with Crippen LogP contribution < -0.4 is 10.6 Å². The monoisotopic (exact) mass is 430 g/mol. The molecule has 5 heteroatoms. The number of aromatic nitrogens is 1. The number of carbonyl (C=O) groups excluding carboxylic acids is 1. The number of hydrogen-bond acceptors (Lipinski definition) is 3. The number of nitrogens with zero attached hydrogens (tertiary/aromatic N) is 1. The number of benzene rings is 2. The first-order valence-corrected chi connectivity index (χ1v) is 12.2. The summed E-state index contributed by atoms with van der Waals surface area (Å²) in [5, 5.41) is 8.10. The summed E-state index contributed by atoms with van der Waals surface area (Å²) in [6.45, 7) is 3.16. The maximum Gasteiger partial charge on any atom is 0.268 e. The molecule has 1 saturated carbocycles. The van der Waals surface area contributed by atoms with E-state index in [9.17, 15) is 4.79 Å². The second kappa shape index (κ2) is 9.78. The average molecular weight is 431 g/mol. The van der Waals surface area contributed by atoms with Crippen LogP contribution in [0.3, 0.4) is 0 Å². The minimum Gasteiger partial charge on any atom is -0.381 e. The van der Waals surface area contributed by atoms with Crippen molar-refractivity contribution < 1.29 is 4.79 Å². The lowest BCUT2D eigenvalue weighted by Gasteiger charge is -2.24. The van der Waals surface area contributed by atoms with Gasteiger partial charge in [0.15, 0.2) is 0 Å². The summed E-state index contributed by atoms with van der Waals surface area (Å²) in [6.07, 6.45) is 8.40. The Morgan fingerprint density at radius 3 is 2.56 bits per heavy atom. The summed E-state index contributed by atoms with van der Waals surface area (Å²) in [6, 6.07) is 19.3. The van der Waals surface area contributed by atoms with Crippen LogP contribution in [0, 0.1) is 0 Å². The van der Waals surface area contributed by atoms with Crippen LogP contribution >= 0.6 is 0 Å². The standard InChI is InChI=1S/C27H34N4O/c32-27(29-23(19-31-15-6-7-16-31)17-20-9-2-1-3-10-20)25-18-21-11-8-14-24(26(21)30-25)28-22-12-4-5-13-22/h1-3,8-11,14,18,22-23,28,30H,4-7,12-13,15-17,19H2,(H,29,32). The first-order valence-electron chi connectivity index (χ1n) is 12.2. The van der Waals surface area contributed by atoms with Gasteiger partial charge in [0.2, 0.25) is 0 Å². The topological polar surface area (TPSA) is 60.2 Å². The lowest BCUT2D eigenvalue weighted by Crippen LogP contribution is -2.44. The number of anilines is 1. The maximum atomic E-state index is 13.3. The van der Waals surface area contributed by atoms with E-state index in [0.717, 1.165) is 42.6 Å². The Balaban J connectivity index is 1.32. The van der Waals surface area contributed by atoms with Gasteiger partial charge >= 0.3 is 0 Å². The number of carbonyl (C=O) groups is 1. The Labute approximate surface area is 190 Å². The summed E-state index contributed by atoms with van der Waals surface area (Å²) in [7, 11) is 0. The van der Waals surface area contributed by atoms with E-state index in [2.05, 4.69) is 63.0 Å². The van der Waals surface area contributed by atoms with Gasteiger partial charge in [-0.25, -0.2) is 0 Å². The predicted molar refractivity (Wildman–Crippen MR) is 131 cm³/mol. The van der Waals surface area contributed by atoms with Gasteiger partial charge in [0.05, 0.1) is 11.2 Å². The van der Waals surface area contributed by atoms with E-state index in [1.807, 2.05) is 12.1 Å². The van der Waals surface area contributed by atoms with Crippen molar-refractivity contribution in [3.63, 3.8) is 0 Å². The van der Waals surface area contributed by atoms with E-state index in [4.69, 9.17) is 0 Å². The van der Waals surface area contributed by atoms with Crippen molar-refractivity contribution >= 4 is 22.5 Å². The largest absolute Gasteiger partial charge is 0.381 e. The molecule has 5 nitrogen and oxygen atoms in total. The van der Waals surface area contributed by atoms with Crippen LogP contribution in [0.1, 0.15) is 54.6 Å². The molecule has 1 atom stereocenters. The molecule has 0 radical (unpaired) electrons. The van der Waals surface area contributed by atoms with E-state index < -0.39 is 0 Å². The van der Waals surface area contributed by atoms with Crippen molar-refractivity contribution in [2.75, 3.05) is 25.0 Å². The SMILES string of the molecule is O=C(NC(Cc1ccccc1)CN1CCCC1)c1cc2cccc(NC3CCCC3)c2[nH]1. The lowest BCUT2D eigenvalue weighted by molar-refractivity contribution is 0.0923. The van der Waals surface area contributed by atoms with Crippen LogP contribution in [0.15, 0.2) is 54.6 Å². The fourth-order valence-corrected chi connectivity index (χ4v) is 5.29. The third-order valence-electron chi connectivity index (χ3n) is 6.95. The van der Waals surface area contributed by atoms with Gasteiger partial charge in [-0.1, -0.05) is 55.3 Å². The van der Waals surface area contributed by atoms with Gasteiger partial charge in [0, 0.05) is 24.0 Å². The van der Waals surface area contributed by atoms with Gasteiger partial charge in [-0.15, -0.1) is 0 Å². The summed E-state index contributed by atoms with van der Waals surface area (Å²) in [5.74, 6) is -0.0202. The number of aromatic amines is 1. The van der Waals surface area contributed by atoms with Crippen LogP contribution in [-0.2, 0) is 6.42 Å². The normalized spacial score (nSPS) is 18.2. The molecule has 1 saturated heterocycles. The van der Waals surface area contributed by atoms with Gasteiger partial charge in [-0.3, -0.25) is 4.79 Å². The number of rotatable bonds is 8. The number of H-pyrrole nitrogens is 1. The molecular weight excluding hydrogens is 396 g/mol. The quantitative estimate of drug-likeness (QED) is 0.473. The zero-order chi connectivity index (χ0) is 21.8. The van der Waals surface area contributed by atoms with Gasteiger partial charge in [0.25, 0.3) is 5.91 Å². The molecule has 0 spiro atoms. The summed E-state index contributed by atoms with van der Waals surface area (Å²) in [4.78, 5) is 19.2. The first kappa shape index (κ1) is 21.1. The number of para-hydroxylation sites is 1. The van der Waals surface area contributed by atoms with Crippen LogP contribution in [-0.4, -0.2) is 47.5 Å². The van der Waals surface area contributed by atoms with E-state index in [-0.39, 0.29) is 11.9 Å². The van der Waals surface area contributed by atoms with Crippen LogP contribution in [0.2, 0.25) is 0 Å². The third kappa shape index (κ3) is 4.99. The second-order valence-electron chi connectivity index (χ2n) is 9.45. The molecule has 2 aromatic carbocycles. The maximum absolute atomic E-state index is 13.3. The number of fused-ring (bicyclic) bond motifs is 1. The molecular formula is C27H34N4O. The highest BCUT2D eigenvalue weighted by molar-refractivity contribution is 6.01. The number of likely N-dealkylation sites (tertiary alicyclic amines) is 1. The molecule has 1 aliphatic carbocycles. The highest BCUT2D eigenvalue weighted by Gasteiger charge is 2.22. The summed E-state index contributed by atoms with van der Waals surface area (Å²) >= 11 is 0. The minimum atomic E-state index is -0.0202. The van der Waals surface area contributed by atoms with Gasteiger partial charge in [0.1, 0.15) is 5.69 Å². The van der Waals surface area contributed by atoms with Crippen LogP contribution in [0.25, 0.3) is 10.9 Å². The van der Waals surface area contributed by atoms with Crippen molar-refractivity contribution in [1.82, 2.24) is 15.2 Å². The van der Waals surface area contributed by atoms with Gasteiger partial charge in [-0.2, -0.15) is 0 Å². The first-order chi connectivity index (χ1) is 15.7. The number of hydrogen-bond donors (Lipinski definition) is 3. The third-order valence-corrected chi connectivity index (χ3v) is 6.95. The fourth-order valence-electron chi connectivity index (χ4n) is 5.29. The molecule has 2 aliphatic rings. The second-order valence-corrected chi connectivity index (χ2v) is 9.45. The molecule has 3 N–H and O–H groups in total. The zero-order valence-corrected chi connectivity index (χ0v) is 18.8. The number of amides is 1. The van der Waals surface area contributed by atoms with Crippen LogP contribution in [0.5, 0.6) is 0 Å². The smallest absolute Gasteiger partial charge is 0.268 e. The lowest BCUT2D eigenvalue weighted by atomic mass is 10.1. The molecule has 1 aromatic heterocycles. The Hall–Kier alpha value is -2.79. The molecule has 168 valence electrons. The van der Waals surface area contributed by atoms with Crippen molar-refractivity contribution in [3.05, 3.63) is 65.9 Å². The summed E-state index contributed by atoms with van der Waals surface area (Å²) < 4.78 is 0. The van der Waals surface area contributed by atoms with Crippen molar-refractivity contribution in [2.45, 2.75) is 57.0 Å². The molecule has 3 aromatic rings. The molecule has 1 unspecified atom stereocenters. The highest BCUT2D eigenvalue weighted by atomic mass is 16.1. The molecule has 2 fully saturated rings. The van der Waals surface area contributed by atoms with Gasteiger partial charge in [-0.05, 0) is 62.9 Å². The predicted octanol–water partition coefficient (Wildman–Crippen LogP) is 4.96. The van der Waals surface area contributed by atoms with E-state index in [1.54, 1.807) is 0 Å². The van der Waals surface area contributed by atoms with E-state index in [1.165, 1.54) is 44.1 Å². The highest BCUT2D eigenvalue weighted by Crippen LogP contribution is 2.28. The molecule has 5 rings (SSSR count). The van der Waals surface area contributed by atoms with Gasteiger partial charge < -0.3 is 20.5 Å². The molecule has 2 heterocycles. The van der Waals surface area contributed by atoms with Crippen molar-refractivity contribution in [1.29, 1.82) is 0 Å². The zero-order valence-electron chi connectivity index (χ0n) is 18.8.